The molecule has 0 spiro atoms. The highest BCUT2D eigenvalue weighted by atomic mass is 32.2. The third-order valence-corrected chi connectivity index (χ3v) is 5.93. The lowest BCUT2D eigenvalue weighted by atomic mass is 10.1. The van der Waals surface area contributed by atoms with Gasteiger partial charge in [0.2, 0.25) is 10.0 Å². The second kappa shape index (κ2) is 7.17. The predicted octanol–water partition coefficient (Wildman–Crippen LogP) is 2.27. The number of ether oxygens (including phenoxy) is 1. The van der Waals surface area contributed by atoms with E-state index in [2.05, 4.69) is 10.1 Å². The summed E-state index contributed by atoms with van der Waals surface area (Å²) >= 11 is 0. The van der Waals surface area contributed by atoms with Gasteiger partial charge in [0.25, 0.3) is 5.91 Å². The summed E-state index contributed by atoms with van der Waals surface area (Å²) < 4.78 is 29.9. The predicted molar refractivity (Wildman–Crippen MR) is 97.9 cm³/mol. The van der Waals surface area contributed by atoms with Crippen molar-refractivity contribution in [2.24, 2.45) is 0 Å². The van der Waals surface area contributed by atoms with Crippen molar-refractivity contribution in [3.63, 3.8) is 0 Å². The third kappa shape index (κ3) is 3.70. The molecule has 8 heteroatoms. The van der Waals surface area contributed by atoms with E-state index in [0.717, 1.165) is 0 Å². The number of sulfonamides is 1. The number of anilines is 2. The first kappa shape index (κ1) is 17.9. The highest BCUT2D eigenvalue weighted by Crippen LogP contribution is 2.24. The third-order valence-electron chi connectivity index (χ3n) is 4.06. The Kier molecular flexibility index (Phi) is 4.94. The normalized spacial score (nSPS) is 15.5. The minimum absolute atomic E-state index is 0.145. The van der Waals surface area contributed by atoms with Gasteiger partial charge in [-0.15, -0.1) is 0 Å². The van der Waals surface area contributed by atoms with E-state index in [4.69, 9.17) is 0 Å². The Labute approximate surface area is 151 Å². The molecular weight excluding hydrogens is 356 g/mol. The van der Waals surface area contributed by atoms with E-state index in [1.165, 1.54) is 17.5 Å². The van der Waals surface area contributed by atoms with Gasteiger partial charge in [-0.2, -0.15) is 0 Å². The number of rotatable bonds is 4. The molecule has 0 saturated carbocycles. The van der Waals surface area contributed by atoms with Crippen LogP contribution in [0.3, 0.4) is 0 Å². The van der Waals surface area contributed by atoms with Gasteiger partial charge in [-0.05, 0) is 48.9 Å². The molecule has 0 aliphatic carbocycles. The summed E-state index contributed by atoms with van der Waals surface area (Å²) in [6.07, 6.45) is 0.598. The van der Waals surface area contributed by atoms with Gasteiger partial charge >= 0.3 is 5.97 Å². The Morgan fingerprint density at radius 3 is 2.42 bits per heavy atom. The number of carbonyl (C=O) groups excluding carboxylic acids is 2. The largest absolute Gasteiger partial charge is 0.465 e. The van der Waals surface area contributed by atoms with E-state index in [1.807, 2.05) is 0 Å². The lowest BCUT2D eigenvalue weighted by Gasteiger charge is -2.17. The smallest absolute Gasteiger partial charge is 0.337 e. The van der Waals surface area contributed by atoms with Crippen molar-refractivity contribution in [1.29, 1.82) is 0 Å². The molecule has 1 N–H and O–H groups in total. The maximum absolute atomic E-state index is 12.4. The van der Waals surface area contributed by atoms with Crippen molar-refractivity contribution < 1.29 is 22.7 Å². The molecule has 0 radical (unpaired) electrons. The second-order valence-electron chi connectivity index (χ2n) is 5.82. The SMILES string of the molecule is COC(=O)c1cccc(NC(=O)c2ccc(N3CCCS3(=O)=O)cc2)c1. The van der Waals surface area contributed by atoms with Gasteiger partial charge in [-0.25, -0.2) is 13.2 Å². The molecule has 2 aromatic carbocycles. The Morgan fingerprint density at radius 1 is 1.08 bits per heavy atom. The topological polar surface area (TPSA) is 92.8 Å². The first-order valence-corrected chi connectivity index (χ1v) is 9.62. The lowest BCUT2D eigenvalue weighted by molar-refractivity contribution is 0.0600. The molecule has 0 aromatic heterocycles. The first-order chi connectivity index (χ1) is 12.4. The summed E-state index contributed by atoms with van der Waals surface area (Å²) in [4.78, 5) is 23.9. The molecule has 1 heterocycles. The number of carbonyl (C=O) groups is 2. The van der Waals surface area contributed by atoms with Gasteiger partial charge in [-0.3, -0.25) is 9.10 Å². The quantitative estimate of drug-likeness (QED) is 0.829. The van der Waals surface area contributed by atoms with Crippen LogP contribution in [0.15, 0.2) is 48.5 Å². The van der Waals surface area contributed by atoms with Gasteiger partial charge in [0.05, 0.1) is 24.1 Å². The maximum Gasteiger partial charge on any atom is 0.337 e. The van der Waals surface area contributed by atoms with Crippen LogP contribution >= 0.6 is 0 Å². The highest BCUT2D eigenvalue weighted by Gasteiger charge is 2.28. The van der Waals surface area contributed by atoms with E-state index >= 15 is 0 Å². The Bertz CT molecular complexity index is 938. The summed E-state index contributed by atoms with van der Waals surface area (Å²) in [6.45, 7) is 0.453. The number of methoxy groups -OCH3 is 1. The van der Waals surface area contributed by atoms with Gasteiger partial charge in [0, 0.05) is 17.8 Å². The summed E-state index contributed by atoms with van der Waals surface area (Å²) in [6, 6.07) is 12.8. The van der Waals surface area contributed by atoms with Crippen molar-refractivity contribution in [2.45, 2.75) is 6.42 Å². The monoisotopic (exact) mass is 374 g/mol. The second-order valence-corrected chi connectivity index (χ2v) is 7.83. The van der Waals surface area contributed by atoms with Crippen LogP contribution in [0.5, 0.6) is 0 Å². The van der Waals surface area contributed by atoms with Gasteiger partial charge in [0.1, 0.15) is 0 Å². The van der Waals surface area contributed by atoms with Crippen LogP contribution in [0.2, 0.25) is 0 Å². The van der Waals surface area contributed by atoms with E-state index in [9.17, 15) is 18.0 Å². The van der Waals surface area contributed by atoms with Crippen molar-refractivity contribution in [3.05, 3.63) is 59.7 Å². The Balaban J connectivity index is 1.74. The van der Waals surface area contributed by atoms with Crippen LogP contribution in [0.1, 0.15) is 27.1 Å². The number of nitrogens with zero attached hydrogens (tertiary/aromatic N) is 1. The molecule has 7 nitrogen and oxygen atoms in total. The van der Waals surface area contributed by atoms with Crippen molar-refractivity contribution in [2.75, 3.05) is 29.0 Å². The van der Waals surface area contributed by atoms with Crippen molar-refractivity contribution in [3.8, 4) is 0 Å². The van der Waals surface area contributed by atoms with E-state index in [0.29, 0.717) is 35.5 Å². The molecule has 1 saturated heterocycles. The zero-order chi connectivity index (χ0) is 18.7. The number of amides is 1. The number of hydrogen-bond donors (Lipinski definition) is 1. The van der Waals surface area contributed by atoms with Crippen LogP contribution in [-0.4, -0.2) is 39.7 Å². The molecule has 136 valence electrons. The Morgan fingerprint density at radius 2 is 1.81 bits per heavy atom. The van der Waals surface area contributed by atoms with E-state index < -0.39 is 16.0 Å². The van der Waals surface area contributed by atoms with E-state index in [-0.39, 0.29) is 11.7 Å². The summed E-state index contributed by atoms with van der Waals surface area (Å²) in [5.74, 6) is -0.702. The molecule has 3 rings (SSSR count). The number of esters is 1. The van der Waals surface area contributed by atoms with Crippen LogP contribution in [-0.2, 0) is 14.8 Å². The van der Waals surface area contributed by atoms with Crippen LogP contribution in [0.25, 0.3) is 0 Å². The zero-order valence-corrected chi connectivity index (χ0v) is 15.0. The minimum atomic E-state index is -3.25. The molecule has 2 aromatic rings. The molecule has 1 fully saturated rings. The fourth-order valence-electron chi connectivity index (χ4n) is 2.75. The molecule has 0 unspecified atom stereocenters. The number of hydrogen-bond acceptors (Lipinski definition) is 5. The average molecular weight is 374 g/mol. The maximum atomic E-state index is 12.4. The van der Waals surface area contributed by atoms with Crippen LogP contribution in [0, 0.1) is 0 Å². The van der Waals surface area contributed by atoms with Gasteiger partial charge in [-0.1, -0.05) is 6.07 Å². The molecule has 0 bridgehead atoms. The summed E-state index contributed by atoms with van der Waals surface area (Å²) in [7, 11) is -1.96. The highest BCUT2D eigenvalue weighted by molar-refractivity contribution is 7.93. The summed E-state index contributed by atoms with van der Waals surface area (Å²) in [5, 5.41) is 2.70. The molecule has 1 aliphatic heterocycles. The fourth-order valence-corrected chi connectivity index (χ4v) is 4.32. The summed E-state index contributed by atoms with van der Waals surface area (Å²) in [5.41, 5.74) is 1.73. The van der Waals surface area contributed by atoms with Gasteiger partial charge in [0.15, 0.2) is 0 Å². The molecule has 1 amide bonds. The number of benzene rings is 2. The average Bonchev–Trinajstić information content (AvgIpc) is 3.00. The zero-order valence-electron chi connectivity index (χ0n) is 14.1. The standard InChI is InChI=1S/C18H18N2O5S/c1-25-18(22)14-4-2-5-15(12-14)19-17(21)13-6-8-16(9-7-13)20-10-3-11-26(20,23)24/h2,4-9,12H,3,10-11H2,1H3,(H,19,21). The number of nitrogens with one attached hydrogen (secondary N) is 1. The van der Waals surface area contributed by atoms with Crippen molar-refractivity contribution >= 4 is 33.3 Å². The molecular formula is C18H18N2O5S. The van der Waals surface area contributed by atoms with Gasteiger partial charge < -0.3 is 10.1 Å². The van der Waals surface area contributed by atoms with E-state index in [1.54, 1.807) is 42.5 Å². The fraction of sp³-hybridized carbons (Fsp3) is 0.222. The molecule has 26 heavy (non-hydrogen) atoms. The first-order valence-electron chi connectivity index (χ1n) is 8.01. The van der Waals surface area contributed by atoms with Crippen molar-refractivity contribution in [1.82, 2.24) is 0 Å². The molecule has 0 atom stereocenters. The van der Waals surface area contributed by atoms with Crippen LogP contribution < -0.4 is 9.62 Å². The van der Waals surface area contributed by atoms with Crippen LogP contribution in [0.4, 0.5) is 11.4 Å². The molecule has 1 aliphatic rings. The Hall–Kier alpha value is -2.87. The lowest BCUT2D eigenvalue weighted by Crippen LogP contribution is -2.25. The minimum Gasteiger partial charge on any atom is -0.465 e.